The van der Waals surface area contributed by atoms with Gasteiger partial charge < -0.3 is 9.75 Å². The van der Waals surface area contributed by atoms with E-state index < -0.39 is 34.8 Å². The van der Waals surface area contributed by atoms with Crippen LogP contribution in [-0.2, 0) is 16.3 Å². The molecule has 4 fully saturated rings. The van der Waals surface area contributed by atoms with E-state index in [-0.39, 0.29) is 53.2 Å². The minimum absolute atomic E-state index is 0.0545. The first-order chi connectivity index (χ1) is 18.6. The van der Waals surface area contributed by atoms with Crippen molar-refractivity contribution in [2.24, 2.45) is 5.41 Å². The van der Waals surface area contributed by atoms with Crippen molar-refractivity contribution >= 4 is 11.0 Å². The molecule has 3 aromatic heterocycles. The highest BCUT2D eigenvalue weighted by atomic mass is 19.4. The Balaban J connectivity index is 1.40. The van der Waals surface area contributed by atoms with E-state index in [1.165, 1.54) is 17.7 Å². The summed E-state index contributed by atoms with van der Waals surface area (Å²) in [5, 5.41) is 1.69. The van der Waals surface area contributed by atoms with Gasteiger partial charge in [-0.05, 0) is 56.7 Å². The summed E-state index contributed by atoms with van der Waals surface area (Å²) in [5.41, 5.74) is -3.12. The molecule has 7 nitrogen and oxygen atoms in total. The summed E-state index contributed by atoms with van der Waals surface area (Å²) in [6.45, 7) is 1.59. The molecule has 0 N–H and O–H groups in total. The second kappa shape index (κ2) is 8.64. The lowest BCUT2D eigenvalue weighted by Crippen LogP contribution is -2.70. The average molecular weight is 568 g/mol. The number of fused-ring (bicyclic) bond motifs is 1. The molecule has 0 radical (unpaired) electrons. The van der Waals surface area contributed by atoms with Crippen LogP contribution in [0.2, 0.25) is 0 Å². The van der Waals surface area contributed by atoms with Gasteiger partial charge in [-0.2, -0.15) is 26.3 Å². The van der Waals surface area contributed by atoms with Gasteiger partial charge >= 0.3 is 12.4 Å². The van der Waals surface area contributed by atoms with Crippen molar-refractivity contribution in [1.29, 1.82) is 0 Å². The highest BCUT2D eigenvalue weighted by Crippen LogP contribution is 2.78. The van der Waals surface area contributed by atoms with Crippen molar-refractivity contribution in [3.63, 3.8) is 0 Å². The van der Waals surface area contributed by atoms with E-state index in [9.17, 15) is 31.1 Å². The first-order valence-corrected chi connectivity index (χ1v) is 13.0. The maximum Gasteiger partial charge on any atom is 0.418 e. The minimum Gasteiger partial charge on any atom is -0.373 e. The maximum atomic E-state index is 13.7. The van der Waals surface area contributed by atoms with Crippen LogP contribution in [0.1, 0.15) is 72.5 Å². The topological polar surface area (TPSA) is 73.1 Å². The summed E-state index contributed by atoms with van der Waals surface area (Å²) < 4.78 is 89.6. The zero-order valence-corrected chi connectivity index (χ0v) is 22.0. The van der Waals surface area contributed by atoms with Crippen LogP contribution in [0.15, 0.2) is 29.2 Å². The zero-order chi connectivity index (χ0) is 28.8. The summed E-state index contributed by atoms with van der Waals surface area (Å²) in [6, 6.07) is 4.07. The van der Waals surface area contributed by atoms with Gasteiger partial charge in [-0.25, -0.2) is 19.6 Å². The van der Waals surface area contributed by atoms with Gasteiger partial charge in [0, 0.05) is 49.7 Å². The molecule has 3 aromatic rings. The van der Waals surface area contributed by atoms with Crippen molar-refractivity contribution in [2.45, 2.75) is 68.8 Å². The van der Waals surface area contributed by atoms with Crippen molar-refractivity contribution in [3.8, 4) is 0 Å². The Labute approximate surface area is 225 Å². The number of aryl methyl sites for hydroxylation is 1. The summed E-state index contributed by atoms with van der Waals surface area (Å²) in [7, 11) is 3.46. The molecule has 4 aliphatic rings. The van der Waals surface area contributed by atoms with Crippen LogP contribution in [0.5, 0.6) is 0 Å². The van der Waals surface area contributed by atoms with Gasteiger partial charge in [-0.3, -0.25) is 4.79 Å². The van der Waals surface area contributed by atoms with E-state index in [1.54, 1.807) is 31.4 Å². The Morgan fingerprint density at radius 3 is 2.38 bits per heavy atom. The van der Waals surface area contributed by atoms with E-state index in [0.29, 0.717) is 25.3 Å². The van der Waals surface area contributed by atoms with Crippen LogP contribution < -0.4 is 10.6 Å². The lowest BCUT2D eigenvalue weighted by molar-refractivity contribution is -0.337. The lowest BCUT2D eigenvalue weighted by Gasteiger charge is -2.70. The number of ether oxygens (including phenoxy) is 1. The Kier molecular flexibility index (Phi) is 5.83. The molecule has 214 valence electrons. The van der Waals surface area contributed by atoms with Crippen molar-refractivity contribution < 1.29 is 31.1 Å². The van der Waals surface area contributed by atoms with Gasteiger partial charge in [0.2, 0.25) is 0 Å². The predicted molar refractivity (Wildman–Crippen MR) is 133 cm³/mol. The highest BCUT2D eigenvalue weighted by molar-refractivity contribution is 5.81. The number of halogens is 6. The molecule has 0 unspecified atom stereocenters. The van der Waals surface area contributed by atoms with Crippen molar-refractivity contribution in [1.82, 2.24) is 19.6 Å². The van der Waals surface area contributed by atoms with Crippen LogP contribution in [0.4, 0.5) is 26.3 Å². The predicted octanol–water partition coefficient (Wildman–Crippen LogP) is 5.33. The largest absolute Gasteiger partial charge is 0.418 e. The third-order valence-electron chi connectivity index (χ3n) is 8.70. The number of aromatic nitrogens is 4. The fourth-order valence-electron chi connectivity index (χ4n) is 6.63. The van der Waals surface area contributed by atoms with E-state index in [4.69, 9.17) is 9.72 Å². The average Bonchev–Trinajstić information content (AvgIpc) is 2.80. The van der Waals surface area contributed by atoms with Gasteiger partial charge in [0.1, 0.15) is 5.82 Å². The van der Waals surface area contributed by atoms with Gasteiger partial charge in [-0.1, -0.05) is 0 Å². The molecule has 40 heavy (non-hydrogen) atoms. The Morgan fingerprint density at radius 2 is 1.75 bits per heavy atom. The van der Waals surface area contributed by atoms with Gasteiger partial charge in [0.05, 0.1) is 28.5 Å². The van der Waals surface area contributed by atoms with Crippen molar-refractivity contribution in [2.75, 3.05) is 25.7 Å². The van der Waals surface area contributed by atoms with Gasteiger partial charge in [0.25, 0.3) is 5.56 Å². The molecule has 1 aliphatic heterocycles. The second-order valence-electron chi connectivity index (χ2n) is 11.6. The molecule has 13 heteroatoms. The van der Waals surface area contributed by atoms with Crippen LogP contribution in [0, 0.1) is 12.3 Å². The minimum atomic E-state index is -4.68. The second-order valence-corrected chi connectivity index (χ2v) is 11.6. The van der Waals surface area contributed by atoms with Crippen LogP contribution in [0.25, 0.3) is 11.0 Å². The normalized spacial score (nSPS) is 28.2. The molecule has 3 aliphatic carbocycles. The number of hydrogen-bond acceptors (Lipinski definition) is 6. The molecule has 2 atom stereocenters. The first kappa shape index (κ1) is 27.0. The van der Waals surface area contributed by atoms with E-state index >= 15 is 0 Å². The zero-order valence-electron chi connectivity index (χ0n) is 22.0. The van der Waals surface area contributed by atoms with Crippen LogP contribution >= 0.6 is 0 Å². The monoisotopic (exact) mass is 567 g/mol. The molecular weight excluding hydrogens is 540 g/mol. The van der Waals surface area contributed by atoms with Gasteiger partial charge in [0.15, 0.2) is 5.65 Å². The van der Waals surface area contributed by atoms with Crippen LogP contribution in [-0.4, -0.2) is 46.5 Å². The maximum absolute atomic E-state index is 13.7. The number of alkyl halides is 6. The number of hydrogen-bond donors (Lipinski definition) is 0. The number of rotatable bonds is 4. The molecule has 1 saturated heterocycles. The smallest absolute Gasteiger partial charge is 0.373 e. The van der Waals surface area contributed by atoms with Gasteiger partial charge in [-0.15, -0.1) is 0 Å². The SMILES string of the molecule is Cc1nc2nc([C@H]3CCO[C@@H](c4ccc(=O)n(N(C)C)c4)C3)nc(C34CC(C(F)(F)F)(C3)C4)c2cc1C(F)(F)F. The van der Waals surface area contributed by atoms with E-state index in [1.807, 2.05) is 0 Å². The van der Waals surface area contributed by atoms with E-state index in [0.717, 1.165) is 11.6 Å². The molecule has 0 amide bonds. The Bertz CT molecular complexity index is 1540. The fraction of sp³-hybridized carbons (Fsp3) is 0.556. The Morgan fingerprint density at radius 1 is 1.05 bits per heavy atom. The summed E-state index contributed by atoms with van der Waals surface area (Å²) in [5.74, 6) is 0.0733. The summed E-state index contributed by atoms with van der Waals surface area (Å²) in [4.78, 5) is 25.6. The molecule has 0 aromatic carbocycles. The molecule has 0 spiro atoms. The third kappa shape index (κ3) is 4.07. The molecule has 7 rings (SSSR count). The molecular formula is C27H27F6N5O2. The lowest BCUT2D eigenvalue weighted by atomic mass is 9.33. The first-order valence-electron chi connectivity index (χ1n) is 13.0. The third-order valence-corrected chi connectivity index (χ3v) is 8.70. The standard InChI is InChI=1S/C27H27F6N5O2/c1-14-18(26(28,29)30)9-17-21(24-11-25(12-24,13-24)27(31,32)33)35-22(36-23(17)34-14)15-6-7-40-19(8-15)16-4-5-20(39)38(10-16)37(2)3/h4-5,9-10,15,19H,6-8,11-13H2,1-3H3/t15-,19+,24?,25?/m0/s1. The van der Waals surface area contributed by atoms with Crippen molar-refractivity contribution in [3.05, 3.63) is 63.1 Å². The number of pyridine rings is 2. The van der Waals surface area contributed by atoms with Crippen LogP contribution in [0.3, 0.4) is 0 Å². The summed E-state index contributed by atoms with van der Waals surface area (Å²) in [6.07, 6.45) is -7.42. The highest BCUT2D eigenvalue weighted by Gasteiger charge is 2.79. The summed E-state index contributed by atoms with van der Waals surface area (Å²) >= 11 is 0. The fourth-order valence-corrected chi connectivity index (χ4v) is 6.63. The molecule has 2 bridgehead atoms. The number of nitrogens with zero attached hydrogens (tertiary/aromatic N) is 5. The quantitative estimate of drug-likeness (QED) is 0.397. The molecule has 4 heterocycles. The Hall–Kier alpha value is -3.22. The molecule has 3 saturated carbocycles. The van der Waals surface area contributed by atoms with E-state index in [2.05, 4.69) is 9.97 Å².